The van der Waals surface area contributed by atoms with E-state index in [1.807, 2.05) is 0 Å². The van der Waals surface area contributed by atoms with Crippen molar-refractivity contribution in [3.63, 3.8) is 0 Å². The Morgan fingerprint density at radius 2 is 1.89 bits per heavy atom. The van der Waals surface area contributed by atoms with Crippen molar-refractivity contribution in [1.29, 1.82) is 0 Å². The molecule has 0 aromatic carbocycles. The molecule has 0 aliphatic heterocycles. The zero-order valence-corrected chi connectivity index (χ0v) is 19.1. The van der Waals surface area contributed by atoms with Gasteiger partial charge in [0.15, 0.2) is 0 Å². The molecule has 0 saturated heterocycles. The van der Waals surface area contributed by atoms with Gasteiger partial charge in [0.25, 0.3) is 0 Å². The van der Waals surface area contributed by atoms with Crippen LogP contribution < -0.4 is 5.73 Å². The normalized spacial score (nSPS) is 37.6. The Hall–Kier alpha value is -0.820. The molecule has 0 heterocycles. The Balaban J connectivity index is 1.70. The summed E-state index contributed by atoms with van der Waals surface area (Å²) in [5.41, 5.74) is 11.2. The predicted octanol–water partition coefficient (Wildman–Crippen LogP) is 7.59. The molecule has 0 spiro atoms. The summed E-state index contributed by atoms with van der Waals surface area (Å²) >= 11 is 0. The highest BCUT2D eigenvalue weighted by Gasteiger charge is 2.50. The van der Waals surface area contributed by atoms with Gasteiger partial charge in [-0.1, -0.05) is 76.8 Å². The minimum atomic E-state index is 0.328. The zero-order valence-electron chi connectivity index (χ0n) is 19.1. The van der Waals surface area contributed by atoms with Crippen LogP contribution in [0.1, 0.15) is 98.3 Å². The van der Waals surface area contributed by atoms with Gasteiger partial charge in [-0.3, -0.25) is 0 Å². The second kappa shape index (κ2) is 9.33. The third kappa shape index (κ3) is 4.84. The van der Waals surface area contributed by atoms with Crippen LogP contribution in [0.25, 0.3) is 0 Å². The Morgan fingerprint density at radius 1 is 1.11 bits per heavy atom. The van der Waals surface area contributed by atoms with Gasteiger partial charge in [0, 0.05) is 6.04 Å². The molecule has 1 heteroatoms. The van der Waals surface area contributed by atoms with Crippen LogP contribution in [0.15, 0.2) is 35.5 Å². The maximum atomic E-state index is 6.21. The maximum Gasteiger partial charge on any atom is 0.00825 e. The first-order valence-electron chi connectivity index (χ1n) is 12.1. The molecule has 28 heavy (non-hydrogen) atoms. The number of nitrogens with two attached hydrogens (primary N) is 1. The highest BCUT2D eigenvalue weighted by Crippen LogP contribution is 2.59. The van der Waals surface area contributed by atoms with Gasteiger partial charge in [0.1, 0.15) is 0 Å². The first-order chi connectivity index (χ1) is 13.3. The van der Waals surface area contributed by atoms with E-state index >= 15 is 0 Å². The van der Waals surface area contributed by atoms with E-state index in [-0.39, 0.29) is 0 Å². The van der Waals surface area contributed by atoms with Gasteiger partial charge in [0.05, 0.1) is 0 Å². The summed E-state index contributed by atoms with van der Waals surface area (Å²) in [7, 11) is 0. The molecule has 0 bridgehead atoms. The fourth-order valence-corrected chi connectivity index (χ4v) is 6.71. The molecule has 3 aliphatic carbocycles. The number of hydrogen-bond acceptors (Lipinski definition) is 1. The van der Waals surface area contributed by atoms with E-state index in [2.05, 4.69) is 46.4 Å². The summed E-state index contributed by atoms with van der Waals surface area (Å²) in [4.78, 5) is 0. The monoisotopic (exact) mass is 383 g/mol. The van der Waals surface area contributed by atoms with Crippen molar-refractivity contribution in [1.82, 2.24) is 0 Å². The lowest BCUT2D eigenvalue weighted by Crippen LogP contribution is -2.36. The van der Waals surface area contributed by atoms with E-state index in [1.54, 1.807) is 5.57 Å². The SMILES string of the molecule is C=C1CCC(N)C/C1=C/C=C1\CCCC2(C)C1CCC2C(C)CCCC(C)C. The van der Waals surface area contributed by atoms with Gasteiger partial charge in [-0.25, -0.2) is 0 Å². The number of allylic oxidation sites excluding steroid dienone is 4. The van der Waals surface area contributed by atoms with Crippen LogP contribution in [-0.2, 0) is 0 Å². The summed E-state index contributed by atoms with van der Waals surface area (Å²) in [5, 5.41) is 0. The lowest BCUT2D eigenvalue weighted by molar-refractivity contribution is 0.0929. The Morgan fingerprint density at radius 3 is 2.64 bits per heavy atom. The highest BCUT2D eigenvalue weighted by molar-refractivity contribution is 5.36. The average Bonchev–Trinajstić information content (AvgIpc) is 2.99. The minimum absolute atomic E-state index is 0.328. The molecule has 3 fully saturated rings. The summed E-state index contributed by atoms with van der Waals surface area (Å²) in [6.45, 7) is 14.2. The molecule has 158 valence electrons. The van der Waals surface area contributed by atoms with Crippen molar-refractivity contribution in [2.24, 2.45) is 34.8 Å². The van der Waals surface area contributed by atoms with E-state index in [1.165, 1.54) is 62.5 Å². The highest BCUT2D eigenvalue weighted by atomic mass is 14.6. The molecule has 5 unspecified atom stereocenters. The maximum absolute atomic E-state index is 6.21. The zero-order chi connectivity index (χ0) is 20.3. The molecule has 3 saturated carbocycles. The quantitative estimate of drug-likeness (QED) is 0.502. The lowest BCUT2D eigenvalue weighted by atomic mass is 9.60. The smallest absolute Gasteiger partial charge is 0.00825 e. The molecular formula is C27H45N. The summed E-state index contributed by atoms with van der Waals surface area (Å²) in [6, 6.07) is 0.328. The number of hydrogen-bond donors (Lipinski definition) is 1. The van der Waals surface area contributed by atoms with Crippen molar-refractivity contribution in [3.8, 4) is 0 Å². The fourth-order valence-electron chi connectivity index (χ4n) is 6.71. The third-order valence-electron chi connectivity index (χ3n) is 8.42. The standard InChI is InChI=1S/C27H45N/c1-19(2)8-6-9-21(4)25-15-16-26-22(10-7-17-27(25,26)5)12-13-23-18-24(28)14-11-20(23)3/h12-13,19,21,24-26H,3,6-11,14-18,28H2,1-2,4-5H3/b22-12+,23-13-. The van der Waals surface area contributed by atoms with Gasteiger partial charge in [-0.15, -0.1) is 0 Å². The van der Waals surface area contributed by atoms with E-state index in [9.17, 15) is 0 Å². The van der Waals surface area contributed by atoms with Crippen LogP contribution in [-0.4, -0.2) is 6.04 Å². The van der Waals surface area contributed by atoms with E-state index < -0.39 is 0 Å². The van der Waals surface area contributed by atoms with E-state index in [0.717, 1.165) is 42.9 Å². The van der Waals surface area contributed by atoms with Crippen molar-refractivity contribution in [2.45, 2.75) is 104 Å². The molecule has 3 rings (SSSR count). The van der Waals surface area contributed by atoms with Gasteiger partial charge in [-0.2, -0.15) is 0 Å². The molecule has 0 aromatic heterocycles. The predicted molar refractivity (Wildman–Crippen MR) is 123 cm³/mol. The topological polar surface area (TPSA) is 26.0 Å². The second-order valence-corrected chi connectivity index (χ2v) is 10.9. The van der Waals surface area contributed by atoms with Crippen LogP contribution in [0.3, 0.4) is 0 Å². The minimum Gasteiger partial charge on any atom is -0.327 e. The molecule has 1 nitrogen and oxygen atoms in total. The molecule has 3 aliphatic rings. The third-order valence-corrected chi connectivity index (χ3v) is 8.42. The van der Waals surface area contributed by atoms with Gasteiger partial charge in [0.2, 0.25) is 0 Å². The Kier molecular flexibility index (Phi) is 7.29. The average molecular weight is 384 g/mol. The summed E-state index contributed by atoms with van der Waals surface area (Å²) in [5.74, 6) is 3.45. The van der Waals surface area contributed by atoms with Crippen molar-refractivity contribution >= 4 is 0 Å². The largest absolute Gasteiger partial charge is 0.327 e. The van der Waals surface area contributed by atoms with E-state index in [4.69, 9.17) is 5.73 Å². The van der Waals surface area contributed by atoms with Crippen LogP contribution in [0.2, 0.25) is 0 Å². The van der Waals surface area contributed by atoms with E-state index in [0.29, 0.717) is 11.5 Å². The Bertz CT molecular complexity index is 610. The van der Waals surface area contributed by atoms with Crippen LogP contribution >= 0.6 is 0 Å². The van der Waals surface area contributed by atoms with Crippen LogP contribution in [0.4, 0.5) is 0 Å². The lowest BCUT2D eigenvalue weighted by Gasteiger charge is -2.44. The van der Waals surface area contributed by atoms with Gasteiger partial charge < -0.3 is 5.73 Å². The Labute approximate surface area is 174 Å². The first kappa shape index (κ1) is 21.9. The van der Waals surface area contributed by atoms with Gasteiger partial charge >= 0.3 is 0 Å². The van der Waals surface area contributed by atoms with Crippen LogP contribution in [0.5, 0.6) is 0 Å². The molecule has 0 aromatic rings. The van der Waals surface area contributed by atoms with Gasteiger partial charge in [-0.05, 0) is 86.0 Å². The van der Waals surface area contributed by atoms with Crippen molar-refractivity contribution in [3.05, 3.63) is 35.5 Å². The molecular weight excluding hydrogens is 338 g/mol. The molecule has 0 radical (unpaired) electrons. The van der Waals surface area contributed by atoms with Crippen molar-refractivity contribution in [2.75, 3.05) is 0 Å². The second-order valence-electron chi connectivity index (χ2n) is 10.9. The summed E-state index contributed by atoms with van der Waals surface area (Å²) < 4.78 is 0. The van der Waals surface area contributed by atoms with Crippen molar-refractivity contribution < 1.29 is 0 Å². The molecule has 2 N–H and O–H groups in total. The molecule has 0 amide bonds. The molecule has 5 atom stereocenters. The fraction of sp³-hybridized carbons (Fsp3) is 0.778. The number of rotatable bonds is 6. The first-order valence-corrected chi connectivity index (χ1v) is 12.1. The summed E-state index contributed by atoms with van der Waals surface area (Å²) in [6.07, 6.45) is 19.3. The number of fused-ring (bicyclic) bond motifs is 1. The van der Waals surface area contributed by atoms with Crippen LogP contribution in [0, 0.1) is 29.1 Å².